The number of carbonyl (C=O) groups excluding carboxylic acids is 4. The van der Waals surface area contributed by atoms with Gasteiger partial charge in [-0.15, -0.1) is 0 Å². The molecule has 0 radical (unpaired) electrons. The van der Waals surface area contributed by atoms with Gasteiger partial charge < -0.3 is 43.4 Å². The Morgan fingerprint density at radius 2 is 1.50 bits per heavy atom. The number of hydrogen-bond donors (Lipinski definition) is 8. The molecule has 0 bridgehead atoms. The number of carboxylic acids is 2. The minimum absolute atomic E-state index is 0.0693. The smallest absolute Gasteiger partial charge is 0.326 e. The molecule has 0 aromatic heterocycles. The lowest BCUT2D eigenvalue weighted by molar-refractivity contribution is -0.143. The number of nitrogens with two attached hydrogens (primary N) is 3. The fraction of sp³-hybridized carbons (Fsp3) is 0.625. The molecule has 0 rings (SSSR count). The average Bonchev–Trinajstić information content (AvgIpc) is 2.63. The monoisotopic (exact) mass is 432 g/mol. The zero-order chi connectivity index (χ0) is 23.3. The second kappa shape index (κ2) is 13.8. The maximum atomic E-state index is 12.3. The second-order valence-electron chi connectivity index (χ2n) is 6.40. The van der Waals surface area contributed by atoms with E-state index in [-0.39, 0.29) is 6.42 Å². The van der Waals surface area contributed by atoms with Gasteiger partial charge in [0, 0.05) is 0 Å². The van der Waals surface area contributed by atoms with Gasteiger partial charge in [-0.25, -0.2) is 4.79 Å². The summed E-state index contributed by atoms with van der Waals surface area (Å²) < 4.78 is 0. The molecule has 0 aromatic rings. The molecule has 14 nitrogen and oxygen atoms in total. The summed E-state index contributed by atoms with van der Waals surface area (Å²) in [7, 11) is 0. The van der Waals surface area contributed by atoms with E-state index in [0.29, 0.717) is 19.4 Å². The Bertz CT molecular complexity index is 656. The minimum atomic E-state index is -1.58. The van der Waals surface area contributed by atoms with Gasteiger partial charge in [0.2, 0.25) is 23.6 Å². The molecule has 3 atom stereocenters. The largest absolute Gasteiger partial charge is 0.481 e. The van der Waals surface area contributed by atoms with Crippen molar-refractivity contribution in [2.75, 3.05) is 13.1 Å². The van der Waals surface area contributed by atoms with Crippen LogP contribution in [0.15, 0.2) is 0 Å². The summed E-state index contributed by atoms with van der Waals surface area (Å²) in [6.45, 7) is -0.319. The maximum Gasteiger partial charge on any atom is 0.326 e. The SMILES string of the molecule is NCCCCC(NC(=O)C(CC(=O)O)NC(=O)CNC(=O)C(N)CC(N)=O)C(=O)O. The zero-order valence-electron chi connectivity index (χ0n) is 16.3. The van der Waals surface area contributed by atoms with E-state index >= 15 is 0 Å². The molecule has 30 heavy (non-hydrogen) atoms. The topological polar surface area (TPSA) is 257 Å². The molecule has 170 valence electrons. The van der Waals surface area contributed by atoms with Gasteiger partial charge in [-0.2, -0.15) is 0 Å². The molecule has 0 aromatic carbocycles. The molecule has 3 unspecified atom stereocenters. The second-order valence-corrected chi connectivity index (χ2v) is 6.40. The fourth-order valence-electron chi connectivity index (χ4n) is 2.26. The van der Waals surface area contributed by atoms with Gasteiger partial charge in [0.15, 0.2) is 0 Å². The molecule has 0 heterocycles. The Morgan fingerprint density at radius 3 is 2.00 bits per heavy atom. The lowest BCUT2D eigenvalue weighted by Gasteiger charge is -2.20. The molecule has 0 aliphatic carbocycles. The van der Waals surface area contributed by atoms with Crippen LogP contribution in [0.25, 0.3) is 0 Å². The van der Waals surface area contributed by atoms with Crippen molar-refractivity contribution >= 4 is 35.6 Å². The average molecular weight is 432 g/mol. The van der Waals surface area contributed by atoms with E-state index in [1.54, 1.807) is 0 Å². The molecule has 4 amide bonds. The predicted octanol–water partition coefficient (Wildman–Crippen LogP) is -4.04. The summed E-state index contributed by atoms with van der Waals surface area (Å²) in [5.41, 5.74) is 15.6. The van der Waals surface area contributed by atoms with E-state index in [0.717, 1.165) is 0 Å². The Hall–Kier alpha value is -3.26. The van der Waals surface area contributed by atoms with Crippen molar-refractivity contribution in [2.45, 2.75) is 50.2 Å². The third-order valence-electron chi connectivity index (χ3n) is 3.77. The van der Waals surface area contributed by atoms with Gasteiger partial charge in [0.25, 0.3) is 0 Å². The highest BCUT2D eigenvalue weighted by Crippen LogP contribution is 2.03. The van der Waals surface area contributed by atoms with Crippen LogP contribution in [0, 0.1) is 0 Å². The van der Waals surface area contributed by atoms with Gasteiger partial charge in [0.05, 0.1) is 25.4 Å². The molecule has 14 heteroatoms. The molecule has 0 saturated heterocycles. The van der Waals surface area contributed by atoms with Crippen molar-refractivity contribution in [3.05, 3.63) is 0 Å². The van der Waals surface area contributed by atoms with Crippen molar-refractivity contribution in [3.63, 3.8) is 0 Å². The van der Waals surface area contributed by atoms with Crippen LogP contribution in [0.2, 0.25) is 0 Å². The van der Waals surface area contributed by atoms with Crippen LogP contribution in [0.3, 0.4) is 0 Å². The highest BCUT2D eigenvalue weighted by atomic mass is 16.4. The van der Waals surface area contributed by atoms with Crippen molar-refractivity contribution in [2.24, 2.45) is 17.2 Å². The van der Waals surface area contributed by atoms with Crippen LogP contribution in [0.1, 0.15) is 32.1 Å². The van der Waals surface area contributed by atoms with E-state index in [1.165, 1.54) is 0 Å². The van der Waals surface area contributed by atoms with Crippen molar-refractivity contribution in [3.8, 4) is 0 Å². The van der Waals surface area contributed by atoms with Crippen LogP contribution in [-0.4, -0.2) is 77.0 Å². The van der Waals surface area contributed by atoms with E-state index < -0.39 is 73.1 Å². The molecular formula is C16H28N6O8. The zero-order valence-corrected chi connectivity index (χ0v) is 16.3. The van der Waals surface area contributed by atoms with Gasteiger partial charge in [-0.05, 0) is 25.8 Å². The van der Waals surface area contributed by atoms with Crippen LogP contribution in [-0.2, 0) is 28.8 Å². The summed E-state index contributed by atoms with van der Waals surface area (Å²) in [5.74, 6) is -6.35. The van der Waals surface area contributed by atoms with Crippen LogP contribution < -0.4 is 33.2 Å². The molecule has 0 spiro atoms. The molecule has 0 aliphatic heterocycles. The van der Waals surface area contributed by atoms with E-state index in [4.69, 9.17) is 22.3 Å². The minimum Gasteiger partial charge on any atom is -0.481 e. The van der Waals surface area contributed by atoms with E-state index in [2.05, 4.69) is 16.0 Å². The van der Waals surface area contributed by atoms with Gasteiger partial charge in [-0.1, -0.05) is 0 Å². The number of unbranched alkanes of at least 4 members (excludes halogenated alkanes) is 1. The number of aliphatic carboxylic acids is 2. The standard InChI is InChI=1S/C16H28N6O8/c17-4-2-1-3-9(16(29)30)22-15(28)10(6-13(25)26)21-12(24)7-20-14(27)8(18)5-11(19)23/h8-10H,1-7,17-18H2,(H2,19,23)(H,20,27)(H,21,24)(H,22,28)(H,25,26)(H,29,30). The third-order valence-corrected chi connectivity index (χ3v) is 3.77. The van der Waals surface area contributed by atoms with Crippen molar-refractivity contribution in [1.82, 2.24) is 16.0 Å². The van der Waals surface area contributed by atoms with Crippen LogP contribution in [0.5, 0.6) is 0 Å². The number of nitrogens with one attached hydrogen (secondary N) is 3. The van der Waals surface area contributed by atoms with Crippen LogP contribution >= 0.6 is 0 Å². The first-order valence-corrected chi connectivity index (χ1v) is 9.03. The lowest BCUT2D eigenvalue weighted by atomic mass is 10.1. The van der Waals surface area contributed by atoms with Gasteiger partial charge in [-0.3, -0.25) is 24.0 Å². The number of carboxylic acid groups (broad SMARTS) is 2. The normalized spacial score (nSPS) is 13.4. The predicted molar refractivity (Wildman–Crippen MR) is 101 cm³/mol. The Balaban J connectivity index is 4.88. The summed E-state index contributed by atoms with van der Waals surface area (Å²) >= 11 is 0. The Kier molecular flexibility index (Phi) is 12.3. The Labute approximate surface area is 171 Å². The molecule has 0 fully saturated rings. The van der Waals surface area contributed by atoms with E-state index in [9.17, 15) is 33.9 Å². The number of hydrogen-bond acceptors (Lipinski definition) is 8. The quantitative estimate of drug-likeness (QED) is 0.116. The summed E-state index contributed by atoms with van der Waals surface area (Å²) in [4.78, 5) is 68.9. The lowest BCUT2D eigenvalue weighted by Crippen LogP contribution is -2.54. The van der Waals surface area contributed by atoms with Gasteiger partial charge >= 0.3 is 11.9 Å². The first-order chi connectivity index (χ1) is 14.0. The summed E-state index contributed by atoms with van der Waals surface area (Å²) in [5, 5.41) is 24.5. The first-order valence-electron chi connectivity index (χ1n) is 9.03. The molecule has 11 N–H and O–H groups in total. The number of rotatable bonds is 15. The Morgan fingerprint density at radius 1 is 0.867 bits per heavy atom. The van der Waals surface area contributed by atoms with Crippen molar-refractivity contribution < 1.29 is 39.0 Å². The van der Waals surface area contributed by atoms with Crippen molar-refractivity contribution in [1.29, 1.82) is 0 Å². The first kappa shape index (κ1) is 26.7. The maximum absolute atomic E-state index is 12.3. The number of primary amides is 1. The molecule has 0 aliphatic rings. The number of amides is 4. The summed E-state index contributed by atoms with van der Waals surface area (Å²) in [6, 6.07) is -4.15. The van der Waals surface area contributed by atoms with E-state index in [1.807, 2.05) is 0 Å². The fourth-order valence-corrected chi connectivity index (χ4v) is 2.26. The number of carbonyl (C=O) groups is 6. The van der Waals surface area contributed by atoms with Crippen LogP contribution in [0.4, 0.5) is 0 Å². The molecule has 0 saturated carbocycles. The highest BCUT2D eigenvalue weighted by Gasteiger charge is 2.28. The third kappa shape index (κ3) is 11.6. The van der Waals surface area contributed by atoms with Gasteiger partial charge in [0.1, 0.15) is 12.1 Å². The highest BCUT2D eigenvalue weighted by molar-refractivity contribution is 5.94. The molecular weight excluding hydrogens is 404 g/mol. The summed E-state index contributed by atoms with van der Waals surface area (Å²) in [6.07, 6.45) is -0.242.